The molecule has 9 amide bonds. The van der Waals surface area contributed by atoms with Gasteiger partial charge >= 0.3 is 11.9 Å². The van der Waals surface area contributed by atoms with Crippen LogP contribution in [0.5, 0.6) is 0 Å². The van der Waals surface area contributed by atoms with Gasteiger partial charge in [-0.15, -0.1) is 0 Å². The SMILES string of the molecule is CC[C@H](C)[C@H](NC(=O)[C@H](CC(=O)O)NC(=O)[C@H](CCCN=C(N)N)NC(=O)[C@@H](NC(=O)[C@H](CCCCN)NC(=O)[C@H](CC(N)=O)NC(=O)[C@H](CCSC)NC(=O)[C@@H](NC(=O)[C@@H](N)CO)[C@@H](C)CC)C(C)C)C(=O)O. The number of aliphatic imine (C=N–C) groups is 1. The zero-order valence-electron chi connectivity index (χ0n) is 43.4. The average Bonchev–Trinajstić information content (AvgIpc) is 3.33. The van der Waals surface area contributed by atoms with E-state index in [1.54, 1.807) is 47.8 Å². The third-order valence-corrected chi connectivity index (χ3v) is 12.4. The monoisotopic (exact) mass is 1070 g/mol. The molecule has 0 bridgehead atoms. The van der Waals surface area contributed by atoms with Gasteiger partial charge in [0.25, 0.3) is 0 Å². The van der Waals surface area contributed by atoms with Crippen LogP contribution in [-0.4, -0.2) is 172 Å². The third-order valence-electron chi connectivity index (χ3n) is 11.8. The fourth-order valence-corrected chi connectivity index (χ4v) is 7.42. The summed E-state index contributed by atoms with van der Waals surface area (Å²) in [7, 11) is 0. The standard InChI is InChI=1S/C45H82N14O14S/c1-8-23(5)34(58-36(64)25(47)21-60)43(71)54-28(15-18-74-7)38(66)55-29(19-31(48)61)40(68)52-26(13-10-11-16-46)39(67)57-33(22(3)4)42(70)53-27(14-12-17-51-45(49)50)37(65)56-30(20-32(62)63)41(69)59-35(44(72)73)24(6)9-2/h22-30,33-35,60H,8-21,46-47H2,1-7H3,(H2,48,61)(H,52,68)(H,53,70)(H,54,71)(H,55,66)(H,56,65)(H,57,67)(H,58,64)(H,59,69)(H,62,63)(H,72,73)(H4,49,50,51)/t23-,24-,25-,26-,27-,28-,29-,30-,33-,34-,35-/m0/s1. The lowest BCUT2D eigenvalue weighted by Gasteiger charge is -2.29. The molecule has 74 heavy (non-hydrogen) atoms. The zero-order chi connectivity index (χ0) is 56.8. The highest BCUT2D eigenvalue weighted by Gasteiger charge is 2.37. The first-order valence-corrected chi connectivity index (χ1v) is 25.9. The summed E-state index contributed by atoms with van der Waals surface area (Å²) in [6.45, 7) is 9.24. The molecule has 11 atom stereocenters. The Hall–Kier alpha value is -6.33. The summed E-state index contributed by atoms with van der Waals surface area (Å²) in [6.07, 6.45) is 1.19. The number of thioether (sulfide) groups is 1. The van der Waals surface area contributed by atoms with Gasteiger partial charge in [-0.05, 0) is 74.8 Å². The molecule has 0 aromatic rings. The molecule has 0 rings (SSSR count). The van der Waals surface area contributed by atoms with E-state index < -0.39 is 157 Å². The van der Waals surface area contributed by atoms with Crippen LogP contribution < -0.4 is 71.2 Å². The number of nitrogens with two attached hydrogens (primary N) is 5. The molecule has 0 fully saturated rings. The number of hydrogen-bond acceptors (Lipinski definition) is 16. The van der Waals surface area contributed by atoms with Gasteiger partial charge in [0, 0.05) is 6.54 Å². The van der Waals surface area contributed by atoms with Gasteiger partial charge in [0.05, 0.1) is 19.4 Å². The molecule has 0 spiro atoms. The van der Waals surface area contributed by atoms with E-state index in [9.17, 15) is 68.1 Å². The van der Waals surface area contributed by atoms with Gasteiger partial charge in [-0.25, -0.2) is 4.79 Å². The molecular weight excluding hydrogens is 993 g/mol. The molecule has 0 saturated heterocycles. The number of hydrogen-bond donors (Lipinski definition) is 16. The lowest BCUT2D eigenvalue weighted by Crippen LogP contribution is -2.61. The molecule has 28 nitrogen and oxygen atoms in total. The minimum absolute atomic E-state index is 0.0202. The number of nitrogens with zero attached hydrogens (tertiary/aromatic N) is 1. The lowest BCUT2D eigenvalue weighted by atomic mass is 9.97. The van der Waals surface area contributed by atoms with Gasteiger partial charge in [-0.3, -0.25) is 52.9 Å². The highest BCUT2D eigenvalue weighted by Crippen LogP contribution is 2.13. The summed E-state index contributed by atoms with van der Waals surface area (Å²) in [5, 5.41) is 48.4. The second kappa shape index (κ2) is 35.8. The minimum Gasteiger partial charge on any atom is -0.481 e. The van der Waals surface area contributed by atoms with Crippen molar-refractivity contribution in [3.05, 3.63) is 0 Å². The van der Waals surface area contributed by atoms with E-state index in [1.165, 1.54) is 11.8 Å². The van der Waals surface area contributed by atoms with Crippen molar-refractivity contribution >= 4 is 82.8 Å². The van der Waals surface area contributed by atoms with Crippen molar-refractivity contribution in [3.63, 3.8) is 0 Å². The van der Waals surface area contributed by atoms with Crippen LogP contribution in [0.1, 0.15) is 106 Å². The molecule has 0 aromatic carbocycles. The Kier molecular flexibility index (Phi) is 32.7. The quantitative estimate of drug-likeness (QED) is 0.0157. The number of aliphatic carboxylic acids is 2. The number of rotatable bonds is 38. The molecule has 21 N–H and O–H groups in total. The maximum Gasteiger partial charge on any atom is 0.326 e. The lowest BCUT2D eigenvalue weighted by molar-refractivity contribution is -0.145. The predicted molar refractivity (Wildman–Crippen MR) is 274 cm³/mol. The van der Waals surface area contributed by atoms with Gasteiger partial charge in [-0.2, -0.15) is 11.8 Å². The van der Waals surface area contributed by atoms with Gasteiger partial charge in [0.1, 0.15) is 54.4 Å². The highest BCUT2D eigenvalue weighted by molar-refractivity contribution is 7.98. The minimum atomic E-state index is -1.80. The number of carbonyl (C=O) groups excluding carboxylic acids is 9. The fourth-order valence-electron chi connectivity index (χ4n) is 6.94. The number of aliphatic hydroxyl groups is 1. The van der Waals surface area contributed by atoms with Crippen molar-refractivity contribution in [2.45, 2.75) is 160 Å². The van der Waals surface area contributed by atoms with Crippen LogP contribution in [0.15, 0.2) is 4.99 Å². The van der Waals surface area contributed by atoms with Crippen molar-refractivity contribution < 1.29 is 68.1 Å². The maximum absolute atomic E-state index is 14.1. The Morgan fingerprint density at radius 1 is 0.541 bits per heavy atom. The molecule has 0 saturated carbocycles. The van der Waals surface area contributed by atoms with Crippen LogP contribution in [0.2, 0.25) is 0 Å². The largest absolute Gasteiger partial charge is 0.481 e. The molecule has 0 radical (unpaired) electrons. The van der Waals surface area contributed by atoms with Crippen molar-refractivity contribution in [1.82, 2.24) is 42.5 Å². The van der Waals surface area contributed by atoms with Crippen LogP contribution in [0.3, 0.4) is 0 Å². The normalized spacial score (nSPS) is 15.6. The van der Waals surface area contributed by atoms with Gasteiger partial charge in [0.15, 0.2) is 5.96 Å². The van der Waals surface area contributed by atoms with Gasteiger partial charge in [-0.1, -0.05) is 54.4 Å². The van der Waals surface area contributed by atoms with Crippen LogP contribution >= 0.6 is 11.8 Å². The summed E-state index contributed by atoms with van der Waals surface area (Å²) in [4.78, 5) is 149. The smallest absolute Gasteiger partial charge is 0.326 e. The molecular formula is C45H82N14O14S. The topological polar surface area (TPSA) is 487 Å². The number of guanidine groups is 1. The number of unbranched alkanes of at least 4 members (excludes halogenated alkanes) is 1. The van der Waals surface area contributed by atoms with E-state index in [4.69, 9.17) is 28.7 Å². The molecule has 0 heterocycles. The second-order valence-corrected chi connectivity index (χ2v) is 19.2. The van der Waals surface area contributed by atoms with Crippen molar-refractivity contribution in [2.24, 2.45) is 51.4 Å². The van der Waals surface area contributed by atoms with Crippen LogP contribution in [0.25, 0.3) is 0 Å². The molecule has 422 valence electrons. The van der Waals surface area contributed by atoms with Crippen LogP contribution in [-0.2, 0) is 52.7 Å². The number of amides is 9. The molecule has 0 aliphatic rings. The maximum atomic E-state index is 14.1. The van der Waals surface area contributed by atoms with Crippen molar-refractivity contribution in [1.29, 1.82) is 0 Å². The number of nitrogens with one attached hydrogen (secondary N) is 8. The summed E-state index contributed by atoms with van der Waals surface area (Å²) in [6, 6.07) is -13.2. The van der Waals surface area contributed by atoms with E-state index in [-0.39, 0.29) is 51.2 Å². The first kappa shape index (κ1) is 67.7. The van der Waals surface area contributed by atoms with Crippen molar-refractivity contribution in [2.75, 3.05) is 31.7 Å². The Bertz CT molecular complexity index is 1930. The number of aliphatic hydroxyl groups excluding tert-OH is 1. The van der Waals surface area contributed by atoms with E-state index in [1.807, 2.05) is 0 Å². The Morgan fingerprint density at radius 2 is 0.959 bits per heavy atom. The zero-order valence-corrected chi connectivity index (χ0v) is 44.2. The first-order chi connectivity index (χ1) is 34.7. The van der Waals surface area contributed by atoms with Gasteiger partial charge in [0.2, 0.25) is 53.2 Å². The molecule has 29 heteroatoms. The fraction of sp³-hybridized carbons (Fsp3) is 0.733. The molecule has 0 aromatic heterocycles. The highest BCUT2D eigenvalue weighted by atomic mass is 32.2. The number of carbonyl (C=O) groups is 11. The third kappa shape index (κ3) is 25.6. The molecule has 0 aliphatic carbocycles. The summed E-state index contributed by atoms with van der Waals surface area (Å²) in [5.41, 5.74) is 27.7. The Morgan fingerprint density at radius 3 is 1.42 bits per heavy atom. The van der Waals surface area contributed by atoms with E-state index in [0.29, 0.717) is 25.0 Å². The Labute approximate surface area is 435 Å². The molecule has 0 aliphatic heterocycles. The van der Waals surface area contributed by atoms with Crippen LogP contribution in [0, 0.1) is 17.8 Å². The van der Waals surface area contributed by atoms with E-state index in [0.717, 1.165) is 0 Å². The number of carboxylic acid groups (broad SMARTS) is 2. The summed E-state index contributed by atoms with van der Waals surface area (Å²) >= 11 is 1.33. The second-order valence-electron chi connectivity index (χ2n) is 18.2. The summed E-state index contributed by atoms with van der Waals surface area (Å²) < 4.78 is 0. The first-order valence-electron chi connectivity index (χ1n) is 24.5. The molecule has 0 unspecified atom stereocenters. The number of carboxylic acids is 2. The number of primary amides is 1. The van der Waals surface area contributed by atoms with E-state index in [2.05, 4.69) is 47.5 Å². The van der Waals surface area contributed by atoms with E-state index >= 15 is 0 Å². The Balaban J connectivity index is 6.82. The predicted octanol–water partition coefficient (Wildman–Crippen LogP) is -4.70. The average molecular weight is 1080 g/mol. The van der Waals surface area contributed by atoms with Crippen molar-refractivity contribution in [3.8, 4) is 0 Å². The van der Waals surface area contributed by atoms with Crippen LogP contribution in [0.4, 0.5) is 0 Å². The summed E-state index contributed by atoms with van der Waals surface area (Å²) in [5.74, 6) is -13.2. The van der Waals surface area contributed by atoms with Gasteiger partial charge < -0.3 is 86.5 Å².